The smallest absolute Gasteiger partial charge is 0.347 e. The van der Waals surface area contributed by atoms with Crippen LogP contribution in [0.2, 0.25) is 0 Å². The second-order valence-electron chi connectivity index (χ2n) is 9.36. The van der Waals surface area contributed by atoms with Crippen LogP contribution in [0.3, 0.4) is 0 Å². The second kappa shape index (κ2) is 12.0. The lowest BCUT2D eigenvalue weighted by atomic mass is 9.99. The predicted molar refractivity (Wildman–Crippen MR) is 135 cm³/mol. The number of aliphatic carboxylic acids is 1. The maximum absolute atomic E-state index is 11.7. The van der Waals surface area contributed by atoms with E-state index < -0.39 is 11.6 Å². The Kier molecular flexibility index (Phi) is 9.11. The van der Waals surface area contributed by atoms with Crippen molar-refractivity contribution in [2.24, 2.45) is 0 Å². The molecule has 6 heteroatoms. The highest BCUT2D eigenvalue weighted by molar-refractivity contribution is 5.77. The highest BCUT2D eigenvalue weighted by Crippen LogP contribution is 2.33. The van der Waals surface area contributed by atoms with Crippen LogP contribution in [0.4, 0.5) is 0 Å². The Bertz CT molecular complexity index is 1030. The van der Waals surface area contributed by atoms with Gasteiger partial charge in [0.25, 0.3) is 0 Å². The molecule has 0 bridgehead atoms. The molecule has 1 heterocycles. The van der Waals surface area contributed by atoms with Crippen LogP contribution in [0.15, 0.2) is 52.9 Å². The van der Waals surface area contributed by atoms with Crippen LogP contribution in [0.25, 0.3) is 11.1 Å². The quantitative estimate of drug-likeness (QED) is 0.244. The van der Waals surface area contributed by atoms with Gasteiger partial charge in [0.15, 0.2) is 11.2 Å². The summed E-state index contributed by atoms with van der Waals surface area (Å²) < 4.78 is 12.1. The number of hydrogen-bond donors (Lipinski definition) is 2. The van der Waals surface area contributed by atoms with E-state index >= 15 is 0 Å². The van der Waals surface area contributed by atoms with E-state index in [1.807, 2.05) is 48.5 Å². The number of ether oxygens (including phenoxy) is 1. The lowest BCUT2D eigenvalue weighted by molar-refractivity contribution is -0.152. The summed E-state index contributed by atoms with van der Waals surface area (Å²) in [6, 6.07) is 15.4. The van der Waals surface area contributed by atoms with Crippen molar-refractivity contribution < 1.29 is 19.1 Å². The largest absolute Gasteiger partial charge is 0.478 e. The number of rotatable bonds is 14. The second-order valence-corrected chi connectivity index (χ2v) is 9.36. The summed E-state index contributed by atoms with van der Waals surface area (Å²) in [5.74, 6) is 0.271. The van der Waals surface area contributed by atoms with E-state index in [0.29, 0.717) is 11.6 Å². The molecule has 0 fully saturated rings. The first-order valence-corrected chi connectivity index (χ1v) is 12.5. The molecule has 0 spiro atoms. The summed E-state index contributed by atoms with van der Waals surface area (Å²) in [5.41, 5.74) is 1.25. The highest BCUT2D eigenvalue weighted by Gasteiger charge is 2.31. The van der Waals surface area contributed by atoms with Crippen LogP contribution in [0.5, 0.6) is 5.75 Å². The van der Waals surface area contributed by atoms with E-state index in [-0.39, 0.29) is 12.1 Å². The minimum atomic E-state index is -1.33. The average Bonchev–Trinajstić information content (AvgIpc) is 3.25. The highest BCUT2D eigenvalue weighted by atomic mass is 16.5. The van der Waals surface area contributed by atoms with Gasteiger partial charge in [-0.15, -0.1) is 0 Å². The lowest BCUT2D eigenvalue weighted by Crippen LogP contribution is -2.38. The van der Waals surface area contributed by atoms with Crippen molar-refractivity contribution in [2.75, 3.05) is 0 Å². The zero-order valence-electron chi connectivity index (χ0n) is 20.8. The molecule has 2 unspecified atom stereocenters. The van der Waals surface area contributed by atoms with Crippen molar-refractivity contribution in [1.82, 2.24) is 10.3 Å². The number of para-hydroxylation sites is 3. The minimum Gasteiger partial charge on any atom is -0.478 e. The summed E-state index contributed by atoms with van der Waals surface area (Å²) in [7, 11) is 0. The van der Waals surface area contributed by atoms with Gasteiger partial charge < -0.3 is 14.3 Å². The van der Waals surface area contributed by atoms with Crippen LogP contribution in [0, 0.1) is 0 Å². The summed E-state index contributed by atoms with van der Waals surface area (Å²) in [4.78, 5) is 16.4. The van der Waals surface area contributed by atoms with E-state index in [1.54, 1.807) is 13.8 Å². The number of carboxylic acid groups (broad SMARTS) is 1. The van der Waals surface area contributed by atoms with Gasteiger partial charge in [-0.05, 0) is 44.9 Å². The zero-order chi connectivity index (χ0) is 24.6. The molecule has 2 aromatic carbocycles. The molecule has 6 nitrogen and oxygen atoms in total. The molecule has 0 aliphatic carbocycles. The third kappa shape index (κ3) is 6.60. The van der Waals surface area contributed by atoms with Crippen molar-refractivity contribution in [2.45, 2.75) is 90.3 Å². The average molecular weight is 467 g/mol. The van der Waals surface area contributed by atoms with Gasteiger partial charge in [-0.25, -0.2) is 9.78 Å². The summed E-state index contributed by atoms with van der Waals surface area (Å²) in [6.45, 7) is 7.47. The molecule has 0 radical (unpaired) electrons. The number of carbonyl (C=O) groups is 1. The molecule has 0 saturated carbocycles. The number of unbranched alkanes of at least 4 members (excludes halogenated alkanes) is 4. The van der Waals surface area contributed by atoms with Crippen LogP contribution in [-0.4, -0.2) is 21.7 Å². The number of aromatic nitrogens is 1. The normalized spacial score (nSPS) is 13.6. The molecule has 34 heavy (non-hydrogen) atoms. The summed E-state index contributed by atoms with van der Waals surface area (Å²) in [5, 5.41) is 13.3. The van der Waals surface area contributed by atoms with Gasteiger partial charge in [-0.2, -0.15) is 0 Å². The molecule has 1 aromatic heterocycles. The first-order valence-electron chi connectivity index (χ1n) is 12.5. The maximum Gasteiger partial charge on any atom is 0.347 e. The Morgan fingerprint density at radius 2 is 1.74 bits per heavy atom. The van der Waals surface area contributed by atoms with Crippen molar-refractivity contribution in [3.63, 3.8) is 0 Å². The fourth-order valence-electron chi connectivity index (χ4n) is 4.12. The third-order valence-electron chi connectivity index (χ3n) is 6.19. The number of benzene rings is 2. The van der Waals surface area contributed by atoms with E-state index in [9.17, 15) is 9.90 Å². The van der Waals surface area contributed by atoms with E-state index in [0.717, 1.165) is 35.9 Å². The minimum absolute atomic E-state index is 0.0450. The van der Waals surface area contributed by atoms with Gasteiger partial charge >= 0.3 is 5.97 Å². The zero-order valence-corrected chi connectivity index (χ0v) is 20.8. The Hall–Kier alpha value is -2.86. The fraction of sp³-hybridized carbons (Fsp3) is 0.500. The molecule has 0 aliphatic rings. The molecule has 0 aliphatic heterocycles. The molecule has 0 saturated heterocycles. The molecule has 2 N–H and O–H groups in total. The molecular formula is C28H38N2O4. The van der Waals surface area contributed by atoms with Gasteiger partial charge in [0.1, 0.15) is 11.3 Å². The molecule has 3 aromatic rings. The predicted octanol–water partition coefficient (Wildman–Crippen LogP) is 7.21. The van der Waals surface area contributed by atoms with Gasteiger partial charge in [0.05, 0.1) is 6.04 Å². The summed E-state index contributed by atoms with van der Waals surface area (Å²) >= 11 is 0. The first kappa shape index (κ1) is 25.8. The number of oxazole rings is 1. The van der Waals surface area contributed by atoms with Crippen molar-refractivity contribution in [3.8, 4) is 5.75 Å². The number of nitrogens with one attached hydrogen (secondary N) is 1. The van der Waals surface area contributed by atoms with Crippen LogP contribution in [-0.2, 0) is 4.79 Å². The van der Waals surface area contributed by atoms with Crippen LogP contribution in [0.1, 0.15) is 96.2 Å². The van der Waals surface area contributed by atoms with Gasteiger partial charge in [0, 0.05) is 11.6 Å². The molecule has 184 valence electrons. The number of fused-ring (bicyclic) bond motifs is 1. The van der Waals surface area contributed by atoms with Gasteiger partial charge in [-0.1, -0.05) is 76.3 Å². The lowest BCUT2D eigenvalue weighted by Gasteiger charge is -2.28. The Balaban J connectivity index is 1.86. The third-order valence-corrected chi connectivity index (χ3v) is 6.19. The fourth-order valence-corrected chi connectivity index (χ4v) is 4.12. The van der Waals surface area contributed by atoms with E-state index in [1.165, 1.54) is 25.7 Å². The Labute approximate surface area is 202 Å². The molecule has 3 rings (SSSR count). The Morgan fingerprint density at radius 1 is 1.03 bits per heavy atom. The first-order chi connectivity index (χ1) is 16.4. The van der Waals surface area contributed by atoms with Crippen LogP contribution >= 0.6 is 0 Å². The summed E-state index contributed by atoms with van der Waals surface area (Å²) in [6.07, 6.45) is 7.68. The van der Waals surface area contributed by atoms with Crippen LogP contribution < -0.4 is 10.1 Å². The van der Waals surface area contributed by atoms with Gasteiger partial charge in [0.2, 0.25) is 5.89 Å². The standard InChI is InChI=1S/C28H38N2O4/c1-5-7-8-9-10-17-23(26-30-22-16-12-14-19-25(22)33-26)29-21(6-2)20-15-11-13-18-24(20)34-28(3,4)27(31)32/h11-16,18-19,21,23,29H,5-10,17H2,1-4H3,(H,31,32). The van der Waals surface area contributed by atoms with Crippen molar-refractivity contribution in [1.29, 1.82) is 0 Å². The number of carboxylic acids is 1. The Morgan fingerprint density at radius 3 is 2.44 bits per heavy atom. The van der Waals surface area contributed by atoms with Crippen molar-refractivity contribution >= 4 is 17.1 Å². The maximum atomic E-state index is 11.7. The topological polar surface area (TPSA) is 84.6 Å². The SMILES string of the molecule is CCCCCCCC(NC(CC)c1ccccc1OC(C)(C)C(=O)O)c1nc2ccccc2o1. The van der Waals surface area contributed by atoms with Gasteiger partial charge in [-0.3, -0.25) is 5.32 Å². The van der Waals surface area contributed by atoms with E-state index in [2.05, 4.69) is 19.2 Å². The number of nitrogens with zero attached hydrogens (tertiary/aromatic N) is 1. The van der Waals surface area contributed by atoms with Crippen molar-refractivity contribution in [3.05, 3.63) is 60.0 Å². The molecular weight excluding hydrogens is 428 g/mol. The number of hydrogen-bond acceptors (Lipinski definition) is 5. The monoisotopic (exact) mass is 466 g/mol. The molecule has 2 atom stereocenters. The van der Waals surface area contributed by atoms with E-state index in [4.69, 9.17) is 14.1 Å². The molecule has 0 amide bonds.